The zero-order valence-corrected chi connectivity index (χ0v) is 43.1. The number of hydrogen-bond donors (Lipinski definition) is 2. The Morgan fingerprint density at radius 3 is 1.97 bits per heavy atom. The van der Waals surface area contributed by atoms with Crippen molar-refractivity contribution in [2.45, 2.75) is 28.0 Å². The third-order valence-corrected chi connectivity index (χ3v) is 11.5. The van der Waals surface area contributed by atoms with Gasteiger partial charge in [-0.25, -0.2) is 21.8 Å². The fourth-order valence-corrected chi connectivity index (χ4v) is 8.15. The summed E-state index contributed by atoms with van der Waals surface area (Å²) in [6.07, 6.45) is -0.302. The molecule has 2 N–H and O–H groups in total. The second-order valence-electron chi connectivity index (χ2n) is 10.9. The summed E-state index contributed by atoms with van der Waals surface area (Å²) in [5.41, 5.74) is -0.854. The molecule has 0 atom stereocenters. The average molecular weight is 936 g/mol. The van der Waals surface area contributed by atoms with Crippen LogP contribution in [0.4, 0.5) is 22.2 Å². The van der Waals surface area contributed by atoms with Gasteiger partial charge in [0.2, 0.25) is 5.13 Å². The van der Waals surface area contributed by atoms with Crippen LogP contribution in [0.3, 0.4) is 0 Å². The minimum Gasteiger partial charge on any atom is -0.872 e. The van der Waals surface area contributed by atoms with Gasteiger partial charge in [0.1, 0.15) is 32.2 Å². The van der Waals surface area contributed by atoms with Crippen LogP contribution in [0.5, 0.6) is 23.0 Å². The number of aromatic nitrogens is 1. The largest absolute Gasteiger partial charge is 1.00 e. The van der Waals surface area contributed by atoms with E-state index in [-0.39, 0.29) is 164 Å². The summed E-state index contributed by atoms with van der Waals surface area (Å²) in [7, 11) is -19.0. The van der Waals surface area contributed by atoms with E-state index in [1.807, 2.05) is 0 Å². The molecule has 1 aromatic heterocycles. The van der Waals surface area contributed by atoms with E-state index in [0.29, 0.717) is 16.8 Å². The monoisotopic (exact) mass is 935 g/mol. The number of rotatable bonds is 13. The SMILES string of the molecule is COc1cc2sc(N=Nc3cc(OCCCS(=O)(=O)[O-])c(N=Nc4c(S(=O)(=O)O)cc5c(S(=O)(=O)O)c([O-])ccc5c4[O-])cc3C)nc2cc1S(=O)(=O)[O-].[Na+].[Na+].[Na+].[Na+]. The molecule has 58 heavy (non-hydrogen) atoms. The molecular formula is C28H21N5Na4O16S5. The van der Waals surface area contributed by atoms with E-state index in [4.69, 9.17) is 9.47 Å². The fraction of sp³-hybridized carbons (Fsp3) is 0.179. The zero-order valence-electron chi connectivity index (χ0n) is 31.0. The number of methoxy groups -OCH3 is 1. The number of benzene rings is 4. The third-order valence-electron chi connectivity index (χ3n) is 7.17. The Balaban J connectivity index is 0.00000420. The van der Waals surface area contributed by atoms with Gasteiger partial charge in [0.15, 0.2) is 0 Å². The van der Waals surface area contributed by atoms with Gasteiger partial charge in [0.05, 0.1) is 55.2 Å². The average Bonchev–Trinajstić information content (AvgIpc) is 3.45. The van der Waals surface area contributed by atoms with E-state index in [1.54, 1.807) is 0 Å². The molecule has 0 aliphatic rings. The molecule has 0 aliphatic heterocycles. The van der Waals surface area contributed by atoms with E-state index < -0.39 is 95.5 Å². The number of azo groups is 2. The van der Waals surface area contributed by atoms with Gasteiger partial charge < -0.3 is 28.8 Å². The molecule has 0 fully saturated rings. The van der Waals surface area contributed by atoms with Crippen LogP contribution >= 0.6 is 11.3 Å². The molecule has 0 spiro atoms. The maximum Gasteiger partial charge on any atom is 1.00 e. The smallest absolute Gasteiger partial charge is 0.872 e. The molecule has 30 heteroatoms. The van der Waals surface area contributed by atoms with Crippen LogP contribution in [0.25, 0.3) is 21.0 Å². The van der Waals surface area contributed by atoms with Crippen molar-refractivity contribution in [2.75, 3.05) is 19.5 Å². The topological polar surface area (TPSA) is 350 Å². The summed E-state index contributed by atoms with van der Waals surface area (Å²) in [5.74, 6) is -3.87. The molecule has 5 rings (SSSR count). The molecule has 1 heterocycles. The van der Waals surface area contributed by atoms with Crippen LogP contribution in [0.2, 0.25) is 0 Å². The Labute approximate surface area is 422 Å². The molecule has 0 bridgehead atoms. The van der Waals surface area contributed by atoms with Crippen molar-refractivity contribution in [2.24, 2.45) is 20.5 Å². The van der Waals surface area contributed by atoms with Crippen LogP contribution in [0, 0.1) is 6.92 Å². The van der Waals surface area contributed by atoms with Gasteiger partial charge in [-0.2, -0.15) is 16.8 Å². The van der Waals surface area contributed by atoms with Crippen LogP contribution < -0.4 is 138 Å². The first kappa shape index (κ1) is 55.1. The Kier molecular flexibility index (Phi) is 20.4. The predicted octanol–water partition coefficient (Wildman–Crippen LogP) is -8.53. The molecule has 0 unspecified atom stereocenters. The van der Waals surface area contributed by atoms with Crippen LogP contribution in [0.15, 0.2) is 77.6 Å². The molecule has 0 amide bonds. The normalized spacial score (nSPS) is 12.2. The summed E-state index contributed by atoms with van der Waals surface area (Å²) in [6, 6.07) is 6.68. The quantitative estimate of drug-likeness (QED) is 0.0479. The molecule has 21 nitrogen and oxygen atoms in total. The maximum absolute atomic E-state index is 13.4. The summed E-state index contributed by atoms with van der Waals surface area (Å²) in [4.78, 5) is 0.909. The van der Waals surface area contributed by atoms with Crippen molar-refractivity contribution in [1.29, 1.82) is 0 Å². The van der Waals surface area contributed by atoms with Crippen molar-refractivity contribution in [3.05, 3.63) is 48.0 Å². The number of nitrogens with zero attached hydrogens (tertiary/aromatic N) is 5. The van der Waals surface area contributed by atoms with Gasteiger partial charge >= 0.3 is 118 Å². The second kappa shape index (κ2) is 21.4. The maximum atomic E-state index is 13.4. The minimum atomic E-state index is -5.38. The van der Waals surface area contributed by atoms with E-state index in [2.05, 4.69) is 25.4 Å². The Hall–Kier alpha value is -0.930. The first-order valence-electron chi connectivity index (χ1n) is 14.4. The van der Waals surface area contributed by atoms with Gasteiger partial charge in [-0.3, -0.25) is 9.11 Å². The van der Waals surface area contributed by atoms with Gasteiger partial charge in [-0.15, -0.1) is 20.5 Å². The molecular weight excluding hydrogens is 915 g/mol. The molecule has 288 valence electrons. The molecule has 4 aromatic carbocycles. The van der Waals surface area contributed by atoms with Crippen molar-refractivity contribution < 1.29 is 190 Å². The molecule has 0 saturated carbocycles. The first-order chi connectivity index (χ1) is 25.0. The summed E-state index contributed by atoms with van der Waals surface area (Å²) < 4.78 is 147. The van der Waals surface area contributed by atoms with Gasteiger partial charge in [-0.1, -0.05) is 35.0 Å². The second-order valence-corrected chi connectivity index (χ2v) is 17.5. The Morgan fingerprint density at radius 1 is 0.759 bits per heavy atom. The van der Waals surface area contributed by atoms with Crippen molar-refractivity contribution >= 4 is 95.0 Å². The van der Waals surface area contributed by atoms with E-state index in [1.165, 1.54) is 32.2 Å². The number of fused-ring (bicyclic) bond motifs is 2. The Morgan fingerprint density at radius 2 is 1.40 bits per heavy atom. The number of hydrogen-bond acceptors (Lipinski definition) is 20. The summed E-state index contributed by atoms with van der Waals surface area (Å²) in [5, 5.41) is 39.9. The number of ether oxygens (including phenoxy) is 2. The van der Waals surface area contributed by atoms with E-state index in [0.717, 1.165) is 23.5 Å². The molecule has 0 radical (unpaired) electrons. The first-order valence-corrected chi connectivity index (χ1v) is 21.1. The number of thiazole rings is 1. The van der Waals surface area contributed by atoms with Gasteiger partial charge in [-0.05, 0) is 42.5 Å². The third kappa shape index (κ3) is 13.3. The van der Waals surface area contributed by atoms with Crippen molar-refractivity contribution in [3.8, 4) is 23.0 Å². The van der Waals surface area contributed by atoms with E-state index >= 15 is 0 Å². The van der Waals surface area contributed by atoms with Gasteiger partial charge in [0, 0.05) is 23.3 Å². The van der Waals surface area contributed by atoms with Crippen LogP contribution in [-0.4, -0.2) is 76.3 Å². The zero-order chi connectivity index (χ0) is 40.0. The van der Waals surface area contributed by atoms with E-state index in [9.17, 15) is 62.1 Å². The summed E-state index contributed by atoms with van der Waals surface area (Å²) >= 11 is 0.948. The minimum absolute atomic E-state index is 0. The van der Waals surface area contributed by atoms with Crippen molar-refractivity contribution in [1.82, 2.24) is 4.98 Å². The Bertz CT molecular complexity index is 2880. The fourth-order valence-electron chi connectivity index (χ4n) is 4.82. The van der Waals surface area contributed by atoms with Crippen molar-refractivity contribution in [3.63, 3.8) is 0 Å². The molecule has 0 saturated heterocycles. The van der Waals surface area contributed by atoms with Gasteiger partial charge in [0.25, 0.3) is 20.2 Å². The summed E-state index contributed by atoms with van der Waals surface area (Å²) in [6.45, 7) is 1.09. The van der Waals surface area contributed by atoms with Crippen LogP contribution in [0.1, 0.15) is 12.0 Å². The van der Waals surface area contributed by atoms with Crippen LogP contribution in [-0.2, 0) is 40.5 Å². The molecule has 5 aromatic rings. The number of aryl methyl sites for hydroxylation is 1. The standard InChI is InChI=1S/C28H25N5O16S5.4Na/c1-13-8-17(31-32-25-24(53(42,43)44)9-15-14(26(25)35)4-5-19(34)27(15)54(45,46)47)20(49-6-3-7-51(36,37)38)10-16(13)30-33-28-29-18-11-23(52(39,40)41)21(48-2)12-22(18)50-28;;;;/h4-5,8-12,34-35H,3,6-7H2,1-2H3,(H,36,37,38)(H,39,40,41)(H,42,43,44)(H,45,46,47);;;;/q;4*+1/p-4. The predicted molar refractivity (Wildman–Crippen MR) is 181 cm³/mol. The molecule has 0 aliphatic carbocycles.